The van der Waals surface area contributed by atoms with Gasteiger partial charge in [0.15, 0.2) is 11.5 Å². The molecule has 0 fully saturated rings. The van der Waals surface area contributed by atoms with E-state index in [9.17, 15) is 26.3 Å². The zero-order chi connectivity index (χ0) is 22.9. The molecule has 1 aromatic heterocycles. The topological polar surface area (TPSA) is 68.6 Å². The summed E-state index contributed by atoms with van der Waals surface area (Å²) in [6, 6.07) is 2.05. The van der Waals surface area contributed by atoms with E-state index >= 15 is 0 Å². The van der Waals surface area contributed by atoms with Gasteiger partial charge in [0.05, 0.1) is 11.1 Å². The first kappa shape index (κ1) is 23.8. The van der Waals surface area contributed by atoms with E-state index in [0.29, 0.717) is 16.8 Å². The minimum Gasteiger partial charge on any atom is -0.383 e. The molecule has 2 aromatic rings. The lowest BCUT2D eigenvalue weighted by molar-refractivity contribution is -0.140. The number of anilines is 1. The molecule has 13 heteroatoms. The van der Waals surface area contributed by atoms with Crippen LogP contribution in [0, 0.1) is 0 Å². The first-order valence-corrected chi connectivity index (χ1v) is 9.53. The van der Waals surface area contributed by atoms with Crippen molar-refractivity contribution >= 4 is 47.9 Å². The molecule has 0 atom stereocenters. The molecular formula is C17H14ClF6N5S. The van der Waals surface area contributed by atoms with E-state index < -0.39 is 45.6 Å². The van der Waals surface area contributed by atoms with Crippen LogP contribution in [0.25, 0.3) is 16.9 Å². The highest BCUT2D eigenvalue weighted by Gasteiger charge is 2.41. The third kappa shape index (κ3) is 4.81. The summed E-state index contributed by atoms with van der Waals surface area (Å²) in [5.74, 6) is -0.814. The Morgan fingerprint density at radius 3 is 2.30 bits per heavy atom. The SMILES string of the molecule is C=N/C(=C(\N=CC)SC)n1nc(C(F)(F)F)c(-c2cc(Cl)cc(C(F)(F)F)c2)c1N. The first-order valence-electron chi connectivity index (χ1n) is 7.93. The molecule has 0 aliphatic carbocycles. The van der Waals surface area contributed by atoms with E-state index in [1.807, 2.05) is 0 Å². The normalized spacial score (nSPS) is 13.6. The van der Waals surface area contributed by atoms with Crippen LogP contribution in [-0.2, 0) is 12.4 Å². The van der Waals surface area contributed by atoms with Gasteiger partial charge in [-0.05, 0) is 43.7 Å². The summed E-state index contributed by atoms with van der Waals surface area (Å²) in [5.41, 5.74) is 1.90. The molecule has 0 saturated heterocycles. The maximum Gasteiger partial charge on any atom is 0.435 e. The maximum atomic E-state index is 13.7. The minimum absolute atomic E-state index is 0.143. The average Bonchev–Trinajstić information content (AvgIpc) is 2.98. The lowest BCUT2D eigenvalue weighted by Gasteiger charge is -2.12. The Labute approximate surface area is 176 Å². The third-order valence-corrected chi connectivity index (χ3v) is 4.58. The van der Waals surface area contributed by atoms with Crippen molar-refractivity contribution in [3.63, 3.8) is 0 Å². The second kappa shape index (κ2) is 8.72. The predicted octanol–water partition coefficient (Wildman–Crippen LogP) is 6.06. The fourth-order valence-corrected chi connectivity index (χ4v) is 3.30. The predicted molar refractivity (Wildman–Crippen MR) is 108 cm³/mol. The Hall–Kier alpha value is -2.47. The Morgan fingerprint density at radius 1 is 1.20 bits per heavy atom. The summed E-state index contributed by atoms with van der Waals surface area (Å²) in [4.78, 5) is 7.64. The number of aliphatic imine (C=N–C) groups is 2. The Morgan fingerprint density at radius 2 is 1.83 bits per heavy atom. The van der Waals surface area contributed by atoms with Crippen molar-refractivity contribution in [2.75, 3.05) is 12.0 Å². The van der Waals surface area contributed by atoms with Crippen molar-refractivity contribution in [3.8, 4) is 11.1 Å². The molecule has 1 heterocycles. The largest absolute Gasteiger partial charge is 0.435 e. The van der Waals surface area contributed by atoms with Crippen LogP contribution in [0.2, 0.25) is 5.02 Å². The van der Waals surface area contributed by atoms with E-state index in [4.69, 9.17) is 17.3 Å². The van der Waals surface area contributed by atoms with Gasteiger partial charge < -0.3 is 5.73 Å². The lowest BCUT2D eigenvalue weighted by Crippen LogP contribution is -2.09. The van der Waals surface area contributed by atoms with Gasteiger partial charge in [0.2, 0.25) is 0 Å². The fourth-order valence-electron chi connectivity index (χ4n) is 2.52. The van der Waals surface area contributed by atoms with Crippen LogP contribution < -0.4 is 5.73 Å². The number of alkyl halides is 6. The van der Waals surface area contributed by atoms with Crippen LogP contribution in [-0.4, -0.2) is 29.0 Å². The van der Waals surface area contributed by atoms with Crippen LogP contribution in [0.3, 0.4) is 0 Å². The number of nitrogens with zero attached hydrogens (tertiary/aromatic N) is 4. The summed E-state index contributed by atoms with van der Waals surface area (Å²) in [6.45, 7) is 4.87. The minimum atomic E-state index is -5.03. The van der Waals surface area contributed by atoms with Crippen LogP contribution >= 0.6 is 23.4 Å². The molecule has 2 N–H and O–H groups in total. The van der Waals surface area contributed by atoms with Gasteiger partial charge in [-0.1, -0.05) is 11.6 Å². The van der Waals surface area contributed by atoms with Gasteiger partial charge in [-0.25, -0.2) is 4.99 Å². The summed E-state index contributed by atoms with van der Waals surface area (Å²) in [5, 5.41) is 3.19. The van der Waals surface area contributed by atoms with E-state index in [0.717, 1.165) is 17.8 Å². The smallest absolute Gasteiger partial charge is 0.383 e. The number of aromatic nitrogens is 2. The molecule has 5 nitrogen and oxygen atoms in total. The van der Waals surface area contributed by atoms with Crippen molar-refractivity contribution in [2.24, 2.45) is 9.98 Å². The van der Waals surface area contributed by atoms with Crippen molar-refractivity contribution < 1.29 is 26.3 Å². The van der Waals surface area contributed by atoms with Crippen molar-refractivity contribution in [1.29, 1.82) is 0 Å². The molecule has 0 spiro atoms. The highest BCUT2D eigenvalue weighted by molar-refractivity contribution is 8.02. The third-order valence-electron chi connectivity index (χ3n) is 3.68. The molecule has 2 rings (SSSR count). The number of rotatable bonds is 5. The number of thioether (sulfide) groups is 1. The Kier molecular flexibility index (Phi) is 6.92. The summed E-state index contributed by atoms with van der Waals surface area (Å²) >= 11 is 6.76. The molecule has 0 amide bonds. The van der Waals surface area contributed by atoms with E-state index in [1.165, 1.54) is 6.21 Å². The van der Waals surface area contributed by atoms with Crippen LogP contribution in [0.5, 0.6) is 0 Å². The van der Waals surface area contributed by atoms with Crippen LogP contribution in [0.4, 0.5) is 32.2 Å². The molecule has 0 aliphatic heterocycles. The zero-order valence-electron chi connectivity index (χ0n) is 15.4. The molecular weight excluding hydrogens is 456 g/mol. The Balaban J connectivity index is 2.92. The number of hydrogen-bond acceptors (Lipinski definition) is 5. The molecule has 0 saturated carbocycles. The summed E-state index contributed by atoms with van der Waals surface area (Å²) in [7, 11) is 0. The molecule has 0 radical (unpaired) electrons. The fraction of sp³-hybridized carbons (Fsp3) is 0.235. The quantitative estimate of drug-likeness (QED) is 0.427. The standard InChI is InChI=1S/C17H14ClF6N5S/c1-4-27-15(30-3)14(26-2)29-13(25)11(12(28-29)17(22,23)24)8-5-9(16(19,20)21)7-10(18)6-8/h4-7H,2,25H2,1,3H3/b15-14-,27-4?. The van der Waals surface area contributed by atoms with Crippen molar-refractivity contribution in [2.45, 2.75) is 19.3 Å². The van der Waals surface area contributed by atoms with Gasteiger partial charge in [-0.3, -0.25) is 4.99 Å². The summed E-state index contributed by atoms with van der Waals surface area (Å²) in [6.07, 6.45) is -6.91. The van der Waals surface area contributed by atoms with Gasteiger partial charge in [0.25, 0.3) is 0 Å². The molecule has 0 bridgehead atoms. The lowest BCUT2D eigenvalue weighted by atomic mass is 10.0. The van der Waals surface area contributed by atoms with Crippen LogP contribution in [0.1, 0.15) is 18.2 Å². The van der Waals surface area contributed by atoms with E-state index in [1.54, 1.807) is 13.2 Å². The van der Waals surface area contributed by atoms with Crippen molar-refractivity contribution in [1.82, 2.24) is 9.78 Å². The molecule has 30 heavy (non-hydrogen) atoms. The average molecular weight is 470 g/mol. The number of halogens is 7. The zero-order valence-corrected chi connectivity index (χ0v) is 17.0. The monoisotopic (exact) mass is 469 g/mol. The Bertz CT molecular complexity index is 1020. The number of benzene rings is 1. The molecule has 1 aromatic carbocycles. The summed E-state index contributed by atoms with van der Waals surface area (Å²) < 4.78 is 81.1. The van der Waals surface area contributed by atoms with Gasteiger partial charge in [0, 0.05) is 11.2 Å². The molecule has 0 unspecified atom stereocenters. The van der Waals surface area contributed by atoms with Gasteiger partial charge in [-0.15, -0.1) is 11.8 Å². The van der Waals surface area contributed by atoms with Gasteiger partial charge in [-0.2, -0.15) is 36.1 Å². The van der Waals surface area contributed by atoms with Crippen LogP contribution in [0.15, 0.2) is 33.2 Å². The highest BCUT2D eigenvalue weighted by atomic mass is 35.5. The molecule has 0 aliphatic rings. The number of nitrogen functional groups attached to an aromatic ring is 1. The molecule has 162 valence electrons. The van der Waals surface area contributed by atoms with Gasteiger partial charge in [0.1, 0.15) is 10.8 Å². The van der Waals surface area contributed by atoms with Gasteiger partial charge >= 0.3 is 12.4 Å². The van der Waals surface area contributed by atoms with E-state index in [-0.39, 0.29) is 10.9 Å². The number of hydrogen-bond donors (Lipinski definition) is 1. The second-order valence-electron chi connectivity index (χ2n) is 5.62. The second-order valence-corrected chi connectivity index (χ2v) is 6.85. The van der Waals surface area contributed by atoms with Crippen molar-refractivity contribution in [3.05, 3.63) is 39.5 Å². The number of nitrogens with two attached hydrogens (primary N) is 1. The maximum absolute atomic E-state index is 13.7. The highest BCUT2D eigenvalue weighted by Crippen LogP contribution is 2.43. The first-order chi connectivity index (χ1) is 13.8. The van der Waals surface area contributed by atoms with E-state index in [2.05, 4.69) is 21.8 Å².